The van der Waals surface area contributed by atoms with Gasteiger partial charge in [0.1, 0.15) is 0 Å². The van der Waals surface area contributed by atoms with Crippen LogP contribution in [0.15, 0.2) is 107 Å². The van der Waals surface area contributed by atoms with Crippen LogP contribution in [0.5, 0.6) is 0 Å². The van der Waals surface area contributed by atoms with Crippen molar-refractivity contribution < 1.29 is 4.79 Å². The molecule has 1 N–H and O–H groups in total. The van der Waals surface area contributed by atoms with Crippen molar-refractivity contribution in [3.05, 3.63) is 125 Å². The lowest BCUT2D eigenvalue weighted by Gasteiger charge is -2.24. The molecule has 2 aliphatic rings. The standard InChI is InChI=1S/C31H24N4O/c1-21-15-18-27-25(19-21)26(30(33-27)24-11-3-2-4-12-24)20-32-34-31(36)35-28-13-7-5-9-22(28)16-17-23-10-6-8-14-29(23)35/h2-20,26H,1H3,(H,34,36). The SMILES string of the molecule is Cc1ccc2c(c1)C(C=NNC(=O)N1c3ccccc3C=Cc3ccccc31)C(c1ccccc1)=N2. The number of urea groups is 1. The van der Waals surface area contributed by atoms with Gasteiger partial charge in [-0.1, -0.05) is 96.6 Å². The molecular formula is C31H24N4O. The summed E-state index contributed by atoms with van der Waals surface area (Å²) in [6, 6.07) is 31.7. The number of hydrazone groups is 1. The molecule has 2 heterocycles. The van der Waals surface area contributed by atoms with Crippen molar-refractivity contribution in [1.29, 1.82) is 0 Å². The van der Waals surface area contributed by atoms with Gasteiger partial charge in [0, 0.05) is 6.21 Å². The number of anilines is 2. The van der Waals surface area contributed by atoms with E-state index < -0.39 is 0 Å². The molecule has 0 radical (unpaired) electrons. The molecule has 174 valence electrons. The van der Waals surface area contributed by atoms with E-state index in [4.69, 9.17) is 4.99 Å². The maximum absolute atomic E-state index is 13.5. The third-order valence-electron chi connectivity index (χ3n) is 6.51. The average Bonchev–Trinajstić information content (AvgIpc) is 3.17. The van der Waals surface area contributed by atoms with Crippen LogP contribution in [-0.2, 0) is 0 Å². The van der Waals surface area contributed by atoms with Gasteiger partial charge in [0.2, 0.25) is 0 Å². The normalized spacial score (nSPS) is 15.6. The van der Waals surface area contributed by atoms with Gasteiger partial charge in [-0.25, -0.2) is 10.2 Å². The van der Waals surface area contributed by atoms with E-state index in [1.807, 2.05) is 84.9 Å². The molecule has 0 aliphatic carbocycles. The number of para-hydroxylation sites is 2. The first-order valence-corrected chi connectivity index (χ1v) is 11.9. The fourth-order valence-electron chi connectivity index (χ4n) is 4.78. The summed E-state index contributed by atoms with van der Waals surface area (Å²) in [4.78, 5) is 20.1. The first kappa shape index (κ1) is 21.7. The lowest BCUT2D eigenvalue weighted by atomic mass is 9.92. The molecular weight excluding hydrogens is 444 g/mol. The summed E-state index contributed by atoms with van der Waals surface area (Å²) in [5.41, 5.74) is 11.5. The number of carbonyl (C=O) groups excluding carboxylic acids is 1. The van der Waals surface area contributed by atoms with Crippen molar-refractivity contribution in [3.63, 3.8) is 0 Å². The number of nitrogens with one attached hydrogen (secondary N) is 1. The fourth-order valence-corrected chi connectivity index (χ4v) is 4.78. The summed E-state index contributed by atoms with van der Waals surface area (Å²) in [5.74, 6) is -0.159. The quantitative estimate of drug-likeness (QED) is 0.250. The van der Waals surface area contributed by atoms with Gasteiger partial charge >= 0.3 is 6.03 Å². The number of aryl methyl sites for hydroxylation is 1. The molecule has 1 unspecified atom stereocenters. The molecule has 0 bridgehead atoms. The van der Waals surface area contributed by atoms with Crippen LogP contribution in [0.2, 0.25) is 0 Å². The van der Waals surface area contributed by atoms with Crippen LogP contribution in [0.25, 0.3) is 12.2 Å². The number of aliphatic imine (C=N–C) groups is 1. The van der Waals surface area contributed by atoms with Crippen LogP contribution >= 0.6 is 0 Å². The van der Waals surface area contributed by atoms with Gasteiger partial charge in [-0.3, -0.25) is 9.89 Å². The van der Waals surface area contributed by atoms with Crippen molar-refractivity contribution >= 4 is 47.2 Å². The van der Waals surface area contributed by atoms with Crippen molar-refractivity contribution in [2.75, 3.05) is 4.90 Å². The van der Waals surface area contributed by atoms with Gasteiger partial charge in [-0.15, -0.1) is 0 Å². The highest BCUT2D eigenvalue weighted by atomic mass is 16.2. The highest BCUT2D eigenvalue weighted by Crippen LogP contribution is 2.38. The van der Waals surface area contributed by atoms with Crippen LogP contribution in [0.3, 0.4) is 0 Å². The number of fused-ring (bicyclic) bond motifs is 3. The van der Waals surface area contributed by atoms with Gasteiger partial charge in [-0.05, 0) is 47.4 Å². The maximum Gasteiger partial charge on any atom is 0.346 e. The second kappa shape index (κ2) is 9.12. The molecule has 5 nitrogen and oxygen atoms in total. The number of nitrogens with zero attached hydrogens (tertiary/aromatic N) is 3. The Kier molecular flexibility index (Phi) is 5.51. The number of carbonyl (C=O) groups is 1. The molecule has 4 aromatic rings. The highest BCUT2D eigenvalue weighted by Gasteiger charge is 2.28. The minimum atomic E-state index is -0.324. The molecule has 0 spiro atoms. The highest BCUT2D eigenvalue weighted by molar-refractivity contribution is 6.18. The summed E-state index contributed by atoms with van der Waals surface area (Å²) < 4.78 is 0. The minimum Gasteiger partial charge on any atom is -0.260 e. The number of amides is 2. The van der Waals surface area contributed by atoms with E-state index in [0.717, 1.165) is 50.6 Å². The smallest absolute Gasteiger partial charge is 0.260 e. The van der Waals surface area contributed by atoms with Crippen molar-refractivity contribution in [2.45, 2.75) is 12.8 Å². The monoisotopic (exact) mass is 468 g/mol. The van der Waals surface area contributed by atoms with E-state index in [0.29, 0.717) is 0 Å². The summed E-state index contributed by atoms with van der Waals surface area (Å²) in [5, 5.41) is 4.44. The Balaban J connectivity index is 1.32. The molecule has 2 aliphatic heterocycles. The van der Waals surface area contributed by atoms with Gasteiger partial charge in [0.25, 0.3) is 0 Å². The Labute approximate surface area is 210 Å². The number of benzene rings is 4. The zero-order chi connectivity index (χ0) is 24.5. The van der Waals surface area contributed by atoms with Crippen molar-refractivity contribution in [1.82, 2.24) is 5.43 Å². The molecule has 4 aromatic carbocycles. The van der Waals surface area contributed by atoms with Gasteiger partial charge in [0.05, 0.1) is 28.7 Å². The van der Waals surface area contributed by atoms with Crippen LogP contribution in [-0.4, -0.2) is 18.0 Å². The van der Waals surface area contributed by atoms with E-state index in [-0.39, 0.29) is 11.9 Å². The molecule has 6 rings (SSSR count). The minimum absolute atomic E-state index is 0.159. The van der Waals surface area contributed by atoms with E-state index >= 15 is 0 Å². The van der Waals surface area contributed by atoms with Gasteiger partial charge in [0.15, 0.2) is 0 Å². The summed E-state index contributed by atoms with van der Waals surface area (Å²) >= 11 is 0. The van der Waals surface area contributed by atoms with Crippen LogP contribution in [0.4, 0.5) is 21.9 Å². The Morgan fingerprint density at radius 1 is 0.861 bits per heavy atom. The Bertz CT molecular complexity index is 1500. The summed E-state index contributed by atoms with van der Waals surface area (Å²) in [6.07, 6.45) is 5.85. The molecule has 0 saturated carbocycles. The molecule has 36 heavy (non-hydrogen) atoms. The Hall–Kier alpha value is -4.77. The first-order valence-electron chi connectivity index (χ1n) is 11.9. The predicted octanol–water partition coefficient (Wildman–Crippen LogP) is 7.23. The van der Waals surface area contributed by atoms with Gasteiger partial charge in [-0.2, -0.15) is 5.10 Å². The lowest BCUT2D eigenvalue weighted by Crippen LogP contribution is -2.35. The van der Waals surface area contributed by atoms with Gasteiger partial charge < -0.3 is 0 Å². The zero-order valence-electron chi connectivity index (χ0n) is 19.8. The summed E-state index contributed by atoms with van der Waals surface area (Å²) in [6.45, 7) is 2.07. The number of rotatable bonds is 3. The largest absolute Gasteiger partial charge is 0.346 e. The number of hydrogen-bond donors (Lipinski definition) is 1. The second-order valence-electron chi connectivity index (χ2n) is 8.88. The van der Waals surface area contributed by atoms with E-state index in [9.17, 15) is 4.79 Å². The average molecular weight is 469 g/mol. The summed E-state index contributed by atoms with van der Waals surface area (Å²) in [7, 11) is 0. The first-order chi connectivity index (χ1) is 17.7. The molecule has 0 aromatic heterocycles. The third-order valence-corrected chi connectivity index (χ3v) is 6.51. The second-order valence-corrected chi connectivity index (χ2v) is 8.88. The molecule has 5 heteroatoms. The Morgan fingerprint density at radius 2 is 1.50 bits per heavy atom. The molecule has 0 fully saturated rings. The molecule has 1 atom stereocenters. The predicted molar refractivity (Wildman–Crippen MR) is 148 cm³/mol. The van der Waals surface area contributed by atoms with E-state index in [1.54, 1.807) is 11.1 Å². The number of hydrogen-bond acceptors (Lipinski definition) is 3. The molecule has 2 amide bonds. The van der Waals surface area contributed by atoms with Crippen LogP contribution in [0.1, 0.15) is 33.7 Å². The Morgan fingerprint density at radius 3 is 2.19 bits per heavy atom. The molecule has 0 saturated heterocycles. The fraction of sp³-hybridized carbons (Fsp3) is 0.0645. The topological polar surface area (TPSA) is 57.1 Å². The lowest BCUT2D eigenvalue weighted by molar-refractivity contribution is 0.249. The zero-order valence-corrected chi connectivity index (χ0v) is 19.8. The van der Waals surface area contributed by atoms with E-state index in [1.165, 1.54) is 0 Å². The third kappa shape index (κ3) is 3.91. The van der Waals surface area contributed by atoms with Crippen LogP contribution < -0.4 is 10.3 Å². The van der Waals surface area contributed by atoms with Crippen molar-refractivity contribution in [3.8, 4) is 0 Å². The van der Waals surface area contributed by atoms with Crippen LogP contribution in [0, 0.1) is 6.92 Å². The maximum atomic E-state index is 13.5. The van der Waals surface area contributed by atoms with Crippen molar-refractivity contribution in [2.24, 2.45) is 10.1 Å². The van der Waals surface area contributed by atoms with E-state index in [2.05, 4.69) is 41.7 Å².